The summed E-state index contributed by atoms with van der Waals surface area (Å²) in [6.45, 7) is 0. The molecule has 0 unspecified atom stereocenters. The molecule has 0 aliphatic rings. The topological polar surface area (TPSA) is 101 Å². The number of carbonyl (C=O) groups is 2. The standard InChI is InChI=1S/C15H16N4O4S3/c1-4-7-26-9-5-6-10(16-12(24)18-14(20)22-2)11(8-9)17-13(25)19-15(21)23-3/h1,5-6,8H,7H2,2-3H3,(H2,16,18,20,24)(H2,17,19,21,25). The third kappa shape index (κ3) is 7.56. The second-order valence-corrected chi connectivity index (χ2v) is 6.21. The molecule has 0 atom stereocenters. The predicted octanol–water partition coefficient (Wildman–Crippen LogP) is 2.52. The summed E-state index contributed by atoms with van der Waals surface area (Å²) in [5.74, 6) is 3.02. The number of benzene rings is 1. The van der Waals surface area contributed by atoms with Gasteiger partial charge in [-0.25, -0.2) is 9.59 Å². The van der Waals surface area contributed by atoms with Gasteiger partial charge in [-0.05, 0) is 42.6 Å². The van der Waals surface area contributed by atoms with E-state index in [9.17, 15) is 9.59 Å². The van der Waals surface area contributed by atoms with Crippen molar-refractivity contribution in [2.75, 3.05) is 30.6 Å². The Balaban J connectivity index is 2.98. The molecule has 0 aliphatic heterocycles. The van der Waals surface area contributed by atoms with Crippen molar-refractivity contribution in [2.24, 2.45) is 0 Å². The van der Waals surface area contributed by atoms with E-state index in [0.29, 0.717) is 17.1 Å². The minimum Gasteiger partial charge on any atom is -0.453 e. The molecule has 0 radical (unpaired) electrons. The fourth-order valence-electron chi connectivity index (χ4n) is 1.55. The number of thioether (sulfide) groups is 1. The molecule has 1 aromatic carbocycles. The monoisotopic (exact) mass is 412 g/mol. The lowest BCUT2D eigenvalue weighted by Crippen LogP contribution is -2.35. The van der Waals surface area contributed by atoms with Crippen LogP contribution in [0.4, 0.5) is 21.0 Å². The molecule has 11 heteroatoms. The first-order valence-electron chi connectivity index (χ1n) is 6.91. The molecular formula is C15H16N4O4S3. The largest absolute Gasteiger partial charge is 0.453 e. The molecule has 0 fully saturated rings. The Labute approximate surface area is 165 Å². The molecule has 0 aliphatic carbocycles. The van der Waals surface area contributed by atoms with Crippen LogP contribution in [0.25, 0.3) is 0 Å². The second kappa shape index (κ2) is 11.1. The zero-order valence-electron chi connectivity index (χ0n) is 13.9. The van der Waals surface area contributed by atoms with Crippen molar-refractivity contribution in [2.45, 2.75) is 4.90 Å². The number of terminal acetylenes is 1. The van der Waals surface area contributed by atoms with E-state index in [1.807, 2.05) is 6.07 Å². The summed E-state index contributed by atoms with van der Waals surface area (Å²) in [5, 5.41) is 10.4. The molecule has 1 rings (SSSR count). The highest BCUT2D eigenvalue weighted by atomic mass is 32.2. The molecule has 0 spiro atoms. The smallest absolute Gasteiger partial charge is 0.413 e. The zero-order chi connectivity index (χ0) is 19.5. The number of hydrogen-bond donors (Lipinski definition) is 4. The average molecular weight is 413 g/mol. The SMILES string of the molecule is C#CCSc1ccc(NC(=S)NC(=O)OC)c(NC(=S)NC(=O)OC)c1. The van der Waals surface area contributed by atoms with Crippen LogP contribution < -0.4 is 21.3 Å². The van der Waals surface area contributed by atoms with Crippen LogP contribution in [0.2, 0.25) is 0 Å². The van der Waals surface area contributed by atoms with Gasteiger partial charge < -0.3 is 20.1 Å². The number of nitrogens with one attached hydrogen (secondary N) is 4. The first kappa shape index (κ1) is 21.5. The lowest BCUT2D eigenvalue weighted by Gasteiger charge is -2.16. The Hall–Kier alpha value is -2.55. The predicted molar refractivity (Wildman–Crippen MR) is 110 cm³/mol. The molecule has 0 aromatic heterocycles. The van der Waals surface area contributed by atoms with Gasteiger partial charge in [-0.3, -0.25) is 10.6 Å². The van der Waals surface area contributed by atoms with Gasteiger partial charge in [0.2, 0.25) is 0 Å². The van der Waals surface area contributed by atoms with Gasteiger partial charge in [0, 0.05) is 4.90 Å². The third-order valence-corrected chi connectivity index (χ3v) is 3.92. The average Bonchev–Trinajstić information content (AvgIpc) is 2.61. The van der Waals surface area contributed by atoms with Crippen molar-refractivity contribution in [3.63, 3.8) is 0 Å². The number of ether oxygens (including phenoxy) is 2. The number of thiocarbonyl (C=S) groups is 2. The number of anilines is 2. The van der Waals surface area contributed by atoms with E-state index in [-0.39, 0.29) is 10.2 Å². The van der Waals surface area contributed by atoms with Crippen molar-refractivity contribution < 1.29 is 19.1 Å². The van der Waals surface area contributed by atoms with E-state index in [1.165, 1.54) is 26.0 Å². The number of rotatable bonds is 4. The molecule has 0 bridgehead atoms. The van der Waals surface area contributed by atoms with Crippen molar-refractivity contribution in [3.05, 3.63) is 18.2 Å². The van der Waals surface area contributed by atoms with E-state index in [1.54, 1.807) is 12.1 Å². The summed E-state index contributed by atoms with van der Waals surface area (Å²) in [4.78, 5) is 23.3. The van der Waals surface area contributed by atoms with Crippen molar-refractivity contribution in [3.8, 4) is 12.3 Å². The maximum atomic E-state index is 11.3. The zero-order valence-corrected chi connectivity index (χ0v) is 16.3. The van der Waals surface area contributed by atoms with Gasteiger partial charge in [0.25, 0.3) is 0 Å². The third-order valence-electron chi connectivity index (χ3n) is 2.61. The van der Waals surface area contributed by atoms with Crippen LogP contribution in [0.3, 0.4) is 0 Å². The molecule has 1 aromatic rings. The molecule has 26 heavy (non-hydrogen) atoms. The van der Waals surface area contributed by atoms with Crippen molar-refractivity contribution in [1.29, 1.82) is 0 Å². The summed E-state index contributed by atoms with van der Waals surface area (Å²) < 4.78 is 8.96. The Kier molecular flexibility index (Phi) is 9.21. The van der Waals surface area contributed by atoms with Crippen LogP contribution in [-0.2, 0) is 9.47 Å². The van der Waals surface area contributed by atoms with Gasteiger partial charge in [0.1, 0.15) is 0 Å². The van der Waals surface area contributed by atoms with Gasteiger partial charge in [-0.2, -0.15) is 0 Å². The normalized spacial score (nSPS) is 9.27. The quantitative estimate of drug-likeness (QED) is 0.338. The molecule has 2 amide bonds. The van der Waals surface area contributed by atoms with E-state index in [2.05, 4.69) is 36.7 Å². The van der Waals surface area contributed by atoms with E-state index in [4.69, 9.17) is 30.9 Å². The fraction of sp³-hybridized carbons (Fsp3) is 0.200. The number of alkyl carbamates (subject to hydrolysis) is 2. The second-order valence-electron chi connectivity index (χ2n) is 4.34. The molecular weight excluding hydrogens is 396 g/mol. The first-order valence-corrected chi connectivity index (χ1v) is 8.72. The Morgan fingerprint density at radius 2 is 1.62 bits per heavy atom. The number of methoxy groups -OCH3 is 2. The van der Waals surface area contributed by atoms with Crippen LogP contribution >= 0.6 is 36.2 Å². The maximum Gasteiger partial charge on any atom is 0.413 e. The summed E-state index contributed by atoms with van der Waals surface area (Å²) in [6.07, 6.45) is 3.85. The van der Waals surface area contributed by atoms with E-state index < -0.39 is 12.2 Å². The first-order chi connectivity index (χ1) is 12.4. The minimum absolute atomic E-state index is 0.0193. The Morgan fingerprint density at radius 1 is 1.08 bits per heavy atom. The highest BCUT2D eigenvalue weighted by Crippen LogP contribution is 2.28. The van der Waals surface area contributed by atoms with E-state index >= 15 is 0 Å². The molecule has 0 saturated carbocycles. The van der Waals surface area contributed by atoms with Gasteiger partial charge in [-0.15, -0.1) is 18.2 Å². The van der Waals surface area contributed by atoms with Crippen molar-refractivity contribution in [1.82, 2.24) is 10.6 Å². The van der Waals surface area contributed by atoms with Crippen LogP contribution in [0.15, 0.2) is 23.1 Å². The number of hydrogen-bond acceptors (Lipinski definition) is 7. The summed E-state index contributed by atoms with van der Waals surface area (Å²) in [5.41, 5.74) is 1.01. The van der Waals surface area contributed by atoms with Gasteiger partial charge in [0.15, 0.2) is 10.2 Å². The van der Waals surface area contributed by atoms with Gasteiger partial charge in [0.05, 0.1) is 31.3 Å². The molecule has 0 saturated heterocycles. The molecule has 4 N–H and O–H groups in total. The Morgan fingerprint density at radius 3 is 2.12 bits per heavy atom. The molecule has 138 valence electrons. The Bertz CT molecular complexity index is 749. The van der Waals surface area contributed by atoms with Crippen LogP contribution in [0.1, 0.15) is 0 Å². The van der Waals surface area contributed by atoms with E-state index in [0.717, 1.165) is 4.90 Å². The number of carbonyl (C=O) groups excluding carboxylic acids is 2. The lowest BCUT2D eigenvalue weighted by molar-refractivity contribution is 0.176. The van der Waals surface area contributed by atoms with Crippen LogP contribution in [-0.4, -0.2) is 42.4 Å². The number of amides is 2. The van der Waals surface area contributed by atoms with Crippen molar-refractivity contribution >= 4 is 70.0 Å². The van der Waals surface area contributed by atoms with Gasteiger partial charge in [-0.1, -0.05) is 5.92 Å². The summed E-state index contributed by atoms with van der Waals surface area (Å²) >= 11 is 11.5. The molecule has 8 nitrogen and oxygen atoms in total. The van der Waals surface area contributed by atoms with Crippen LogP contribution in [0, 0.1) is 12.3 Å². The highest BCUT2D eigenvalue weighted by Gasteiger charge is 2.11. The van der Waals surface area contributed by atoms with Crippen LogP contribution in [0.5, 0.6) is 0 Å². The van der Waals surface area contributed by atoms with Gasteiger partial charge >= 0.3 is 12.2 Å². The minimum atomic E-state index is -0.710. The summed E-state index contributed by atoms with van der Waals surface area (Å²) in [6, 6.07) is 5.29. The fourth-order valence-corrected chi connectivity index (χ4v) is 2.55. The summed E-state index contributed by atoms with van der Waals surface area (Å²) in [7, 11) is 2.44. The highest BCUT2D eigenvalue weighted by molar-refractivity contribution is 7.99. The lowest BCUT2D eigenvalue weighted by atomic mass is 10.2. The molecule has 0 heterocycles. The maximum absolute atomic E-state index is 11.3.